The van der Waals surface area contributed by atoms with Crippen LogP contribution in [0.25, 0.3) is 0 Å². The molecule has 8 nitrogen and oxygen atoms in total. The summed E-state index contributed by atoms with van der Waals surface area (Å²) in [6.45, 7) is 3.72. The Labute approximate surface area is 208 Å². The predicted molar refractivity (Wildman–Crippen MR) is 134 cm³/mol. The molecule has 0 saturated heterocycles. The highest BCUT2D eigenvalue weighted by atomic mass is 32.2. The van der Waals surface area contributed by atoms with Crippen molar-refractivity contribution in [1.82, 2.24) is 9.97 Å². The lowest BCUT2D eigenvalue weighted by atomic mass is 10.1. The van der Waals surface area contributed by atoms with E-state index in [-0.39, 0.29) is 30.2 Å². The van der Waals surface area contributed by atoms with Gasteiger partial charge < -0.3 is 14.6 Å². The molecule has 4 rings (SSSR count). The molecular weight excluding hydrogens is 483 g/mol. The summed E-state index contributed by atoms with van der Waals surface area (Å²) in [7, 11) is -3.78. The van der Waals surface area contributed by atoms with Crippen LogP contribution in [0.1, 0.15) is 34.3 Å². The van der Waals surface area contributed by atoms with Crippen molar-refractivity contribution >= 4 is 27.1 Å². The van der Waals surface area contributed by atoms with Crippen molar-refractivity contribution in [3.63, 3.8) is 0 Å². The Morgan fingerprint density at radius 1 is 1.08 bits per heavy atom. The van der Waals surface area contributed by atoms with Crippen molar-refractivity contribution in [3.05, 3.63) is 102 Å². The van der Waals surface area contributed by atoms with Crippen LogP contribution in [-0.2, 0) is 22.9 Å². The van der Waals surface area contributed by atoms with Crippen LogP contribution in [0.3, 0.4) is 0 Å². The van der Waals surface area contributed by atoms with Gasteiger partial charge in [0.15, 0.2) is 5.69 Å². The molecule has 0 aliphatic rings. The highest BCUT2D eigenvalue weighted by Gasteiger charge is 2.25. The number of benzene rings is 2. The number of furan rings is 1. The minimum atomic E-state index is -3.78. The number of nitrogens with one attached hydrogen (secondary N) is 1. The molecule has 0 atom stereocenters. The van der Waals surface area contributed by atoms with Crippen LogP contribution in [0, 0.1) is 12.7 Å². The van der Waals surface area contributed by atoms with Gasteiger partial charge in [0.1, 0.15) is 11.6 Å². The number of carbonyl (C=O) groups excluding carboxylic acids is 1. The van der Waals surface area contributed by atoms with Crippen LogP contribution in [0.5, 0.6) is 0 Å². The quantitative estimate of drug-likeness (QED) is 0.325. The molecular formula is C26H25FN4O4S. The molecule has 2 heterocycles. The second-order valence-electron chi connectivity index (χ2n) is 8.12. The van der Waals surface area contributed by atoms with E-state index in [9.17, 15) is 17.6 Å². The van der Waals surface area contributed by atoms with Gasteiger partial charge in [0.2, 0.25) is 15.0 Å². The number of sulfone groups is 1. The van der Waals surface area contributed by atoms with Gasteiger partial charge in [-0.3, -0.25) is 4.79 Å². The molecule has 10 heteroatoms. The molecule has 4 aromatic rings. The average molecular weight is 509 g/mol. The highest BCUT2D eigenvalue weighted by Crippen LogP contribution is 2.26. The first-order valence-corrected chi connectivity index (χ1v) is 12.9. The van der Waals surface area contributed by atoms with Gasteiger partial charge in [0.25, 0.3) is 5.91 Å². The second-order valence-corrected chi connectivity index (χ2v) is 10.3. The third-order valence-corrected chi connectivity index (χ3v) is 7.06. The summed E-state index contributed by atoms with van der Waals surface area (Å²) in [4.78, 5) is 23.5. The summed E-state index contributed by atoms with van der Waals surface area (Å²) in [6.07, 6.45) is 2.83. The van der Waals surface area contributed by atoms with Crippen molar-refractivity contribution < 1.29 is 22.0 Å². The van der Waals surface area contributed by atoms with E-state index in [4.69, 9.17) is 4.42 Å². The minimum Gasteiger partial charge on any atom is -0.467 e. The number of hydrogen-bond acceptors (Lipinski definition) is 7. The second kappa shape index (κ2) is 10.7. The van der Waals surface area contributed by atoms with Crippen molar-refractivity contribution in [3.8, 4) is 0 Å². The first-order valence-electron chi connectivity index (χ1n) is 11.3. The number of anilines is 2. The number of nitrogens with zero attached hydrogens (tertiary/aromatic N) is 3. The molecule has 0 unspecified atom stereocenters. The van der Waals surface area contributed by atoms with Crippen molar-refractivity contribution in [2.24, 2.45) is 0 Å². The SMILES string of the molecule is CCS(=O)(=O)c1ncc(N(Cc2cccc(F)c2)Cc2ccco2)c(C(=O)Nc2ccccc2C)n1. The molecule has 1 amide bonds. The molecule has 186 valence electrons. The Morgan fingerprint density at radius 3 is 2.58 bits per heavy atom. The molecule has 2 aromatic heterocycles. The van der Waals surface area contributed by atoms with Gasteiger partial charge in [-0.25, -0.2) is 22.8 Å². The maximum Gasteiger partial charge on any atom is 0.276 e. The number of hydrogen-bond donors (Lipinski definition) is 1. The van der Waals surface area contributed by atoms with Crippen LogP contribution in [0.2, 0.25) is 0 Å². The maximum absolute atomic E-state index is 13.9. The first kappa shape index (κ1) is 25.1. The van der Waals surface area contributed by atoms with E-state index in [1.54, 1.807) is 41.3 Å². The largest absolute Gasteiger partial charge is 0.467 e. The van der Waals surface area contributed by atoms with Gasteiger partial charge in [-0.15, -0.1) is 0 Å². The van der Waals surface area contributed by atoms with E-state index >= 15 is 0 Å². The molecule has 0 aliphatic carbocycles. The molecule has 0 spiro atoms. The van der Waals surface area contributed by atoms with Gasteiger partial charge in [-0.05, 0) is 48.4 Å². The number of carbonyl (C=O) groups is 1. The number of halogens is 1. The molecule has 2 aromatic carbocycles. The van der Waals surface area contributed by atoms with Gasteiger partial charge in [0, 0.05) is 12.2 Å². The summed E-state index contributed by atoms with van der Waals surface area (Å²) in [5, 5.41) is 2.38. The van der Waals surface area contributed by atoms with E-state index in [2.05, 4.69) is 15.3 Å². The molecule has 36 heavy (non-hydrogen) atoms. The number of amides is 1. The lowest BCUT2D eigenvalue weighted by molar-refractivity contribution is 0.102. The van der Waals surface area contributed by atoms with Gasteiger partial charge in [-0.2, -0.15) is 0 Å². The lowest BCUT2D eigenvalue weighted by Gasteiger charge is -2.25. The van der Waals surface area contributed by atoms with Crippen molar-refractivity contribution in [2.45, 2.75) is 32.1 Å². The normalized spacial score (nSPS) is 11.3. The van der Waals surface area contributed by atoms with Crippen LogP contribution < -0.4 is 10.2 Å². The zero-order chi connectivity index (χ0) is 25.7. The van der Waals surface area contributed by atoms with Crippen molar-refractivity contribution in [1.29, 1.82) is 0 Å². The Kier molecular flexibility index (Phi) is 7.44. The maximum atomic E-state index is 13.9. The third kappa shape index (κ3) is 5.77. The molecule has 0 saturated carbocycles. The standard InChI is InChI=1S/C26H25FN4O4S/c1-3-36(33,34)26-28-15-23(24(30-26)25(32)29-22-12-5-4-8-18(22)2)31(17-21-11-7-13-35-21)16-19-9-6-10-20(27)14-19/h4-15H,3,16-17H2,1-2H3,(H,29,32). The summed E-state index contributed by atoms with van der Waals surface area (Å²) < 4.78 is 44.5. The smallest absolute Gasteiger partial charge is 0.276 e. The van der Waals surface area contributed by atoms with E-state index in [1.807, 2.05) is 19.1 Å². The summed E-state index contributed by atoms with van der Waals surface area (Å²) in [6, 6.07) is 16.8. The molecule has 0 bridgehead atoms. The molecule has 0 aliphatic heterocycles. The monoisotopic (exact) mass is 508 g/mol. The van der Waals surface area contributed by atoms with Gasteiger partial charge in [-0.1, -0.05) is 37.3 Å². The Morgan fingerprint density at radius 2 is 1.89 bits per heavy atom. The predicted octanol–water partition coefficient (Wildman–Crippen LogP) is 4.77. The summed E-state index contributed by atoms with van der Waals surface area (Å²) >= 11 is 0. The first-order chi connectivity index (χ1) is 17.3. The highest BCUT2D eigenvalue weighted by molar-refractivity contribution is 7.91. The number of para-hydroxylation sites is 1. The van der Waals surface area contributed by atoms with Crippen LogP contribution in [0.4, 0.5) is 15.8 Å². The summed E-state index contributed by atoms with van der Waals surface area (Å²) in [5.41, 5.74) is 2.18. The fourth-order valence-electron chi connectivity index (χ4n) is 3.60. The molecule has 0 radical (unpaired) electrons. The number of aromatic nitrogens is 2. The zero-order valence-corrected chi connectivity index (χ0v) is 20.6. The van der Waals surface area contributed by atoms with Gasteiger partial charge >= 0.3 is 0 Å². The minimum absolute atomic E-state index is 0.122. The molecule has 1 N–H and O–H groups in total. The Balaban J connectivity index is 1.81. The van der Waals surface area contributed by atoms with Crippen LogP contribution in [-0.4, -0.2) is 30.0 Å². The topological polar surface area (TPSA) is 105 Å². The van der Waals surface area contributed by atoms with Crippen LogP contribution >= 0.6 is 0 Å². The Bertz CT molecular complexity index is 1470. The number of rotatable bonds is 9. The number of aryl methyl sites for hydroxylation is 1. The zero-order valence-electron chi connectivity index (χ0n) is 19.8. The van der Waals surface area contributed by atoms with E-state index in [1.165, 1.54) is 31.5 Å². The van der Waals surface area contributed by atoms with Gasteiger partial charge in [0.05, 0.1) is 30.4 Å². The third-order valence-electron chi connectivity index (χ3n) is 5.54. The average Bonchev–Trinajstić information content (AvgIpc) is 3.38. The Hall–Kier alpha value is -4.05. The van der Waals surface area contributed by atoms with E-state index in [0.717, 1.165) is 5.56 Å². The fraction of sp³-hybridized carbons (Fsp3) is 0.192. The summed E-state index contributed by atoms with van der Waals surface area (Å²) in [5.74, 6) is -0.631. The fourth-order valence-corrected chi connectivity index (χ4v) is 4.31. The lowest BCUT2D eigenvalue weighted by Crippen LogP contribution is -2.28. The van der Waals surface area contributed by atoms with Crippen molar-refractivity contribution in [2.75, 3.05) is 16.0 Å². The van der Waals surface area contributed by atoms with E-state index in [0.29, 0.717) is 17.0 Å². The van der Waals surface area contributed by atoms with E-state index < -0.39 is 26.7 Å². The molecule has 0 fully saturated rings. The van der Waals surface area contributed by atoms with Crippen LogP contribution in [0.15, 0.2) is 82.7 Å².